The van der Waals surface area contributed by atoms with Gasteiger partial charge in [-0.15, -0.1) is 0 Å². The predicted octanol–water partition coefficient (Wildman–Crippen LogP) is -5.16. The molecule has 0 aromatic rings. The molecule has 0 rings (SSSR count). The first-order valence-electron chi connectivity index (χ1n) is 2.21. The Labute approximate surface area is 111 Å². The number of nitrogens with two attached hydrogens (primary N) is 3. The van der Waals surface area contributed by atoms with Crippen LogP contribution in [-0.2, 0) is 30.9 Å². The number of hydrogen-bond donors (Lipinski definition) is 3. The molecule has 16 heavy (non-hydrogen) atoms. The molecule has 0 aromatic carbocycles. The molecule has 0 saturated carbocycles. The minimum Gasteiger partial charge on any atom is -0.736 e. The third-order valence-electron chi connectivity index (χ3n) is 0. The third-order valence-corrected chi connectivity index (χ3v) is 0. The van der Waals surface area contributed by atoms with E-state index in [9.17, 15) is 0 Å². The van der Waals surface area contributed by atoms with Crippen molar-refractivity contribution >= 4 is 56.8 Å². The van der Waals surface area contributed by atoms with Crippen LogP contribution in [0.3, 0.4) is 0 Å². The van der Waals surface area contributed by atoms with Gasteiger partial charge in [-0.3, -0.25) is 0 Å². The van der Waals surface area contributed by atoms with E-state index < -0.39 is 30.9 Å². The second-order valence-electron chi connectivity index (χ2n) is 1.48. The Balaban J connectivity index is -0.0000000655. The van der Waals surface area contributed by atoms with Crippen LogP contribution in [-0.4, -0.2) is 64.8 Å². The minimum absolute atomic E-state index is 0. The van der Waals surface area contributed by atoms with Gasteiger partial charge in [-0.25, -0.2) is 40.7 Å². The van der Waals surface area contributed by atoms with E-state index in [1.807, 2.05) is 0 Å². The van der Waals surface area contributed by atoms with E-state index in [0.717, 1.165) is 0 Å². The summed E-state index contributed by atoms with van der Waals surface area (Å²) in [6, 6.07) is 0. The van der Waals surface area contributed by atoms with Crippen LogP contribution in [0.15, 0.2) is 0 Å². The van der Waals surface area contributed by atoms with Crippen molar-refractivity contribution in [2.75, 3.05) is 0 Å². The quantitative estimate of drug-likeness (QED) is 0.326. The molecule has 0 aliphatic carbocycles. The van der Waals surface area contributed by atoms with Crippen molar-refractivity contribution in [2.24, 2.45) is 15.4 Å². The maximum atomic E-state index is 8.85. The first-order valence-corrected chi connectivity index (χ1v) is 6.62. The van der Waals surface area contributed by atoms with E-state index in [1.54, 1.807) is 0 Å². The molecule has 0 aliphatic heterocycles. The summed E-state index contributed by atoms with van der Waals surface area (Å²) in [5.74, 6) is 0. The summed E-state index contributed by atoms with van der Waals surface area (Å²) in [7, 11) is -13.2. The average molecular weight is 403 g/mol. The van der Waals surface area contributed by atoms with Gasteiger partial charge in [-0.1, -0.05) is 0 Å². The van der Waals surface area contributed by atoms with Gasteiger partial charge in [0.15, 0.2) is 30.9 Å². The second-order valence-corrected chi connectivity index (χ2v) is 4.44. The molecule has 0 fully saturated rings. The van der Waals surface area contributed by atoms with Crippen molar-refractivity contribution in [1.29, 1.82) is 0 Å². The minimum atomic E-state index is -4.42. The standard InChI is InChI=1S/In.3H3NO3S/c;3*1-5(2,3)4/h;3*(H3,1,2,3,4)/q+3;;;/p-3. The molecule has 0 aromatic heterocycles. The summed E-state index contributed by atoms with van der Waals surface area (Å²) in [6.45, 7) is 0. The van der Waals surface area contributed by atoms with Crippen LogP contribution in [0, 0.1) is 0 Å². The van der Waals surface area contributed by atoms with Crippen LogP contribution in [0.2, 0.25) is 0 Å². The van der Waals surface area contributed by atoms with E-state index in [0.29, 0.717) is 0 Å². The summed E-state index contributed by atoms with van der Waals surface area (Å²) >= 11 is 0. The topological polar surface area (TPSA) is 250 Å². The molecule has 96 valence electrons. The van der Waals surface area contributed by atoms with Crippen molar-refractivity contribution in [1.82, 2.24) is 0 Å². The molecule has 0 amide bonds. The summed E-state index contributed by atoms with van der Waals surface area (Å²) in [5, 5.41) is 11.3. The second kappa shape index (κ2) is 9.50. The Morgan fingerprint density at radius 3 is 0.562 bits per heavy atom. The molecular formula is H6InN3O9S3. The van der Waals surface area contributed by atoms with Crippen molar-refractivity contribution in [3.05, 3.63) is 0 Å². The Morgan fingerprint density at radius 2 is 0.562 bits per heavy atom. The van der Waals surface area contributed by atoms with Gasteiger partial charge in [0.2, 0.25) is 0 Å². The summed E-state index contributed by atoms with van der Waals surface area (Å²) < 4.78 is 79.7. The summed E-state index contributed by atoms with van der Waals surface area (Å²) in [5.41, 5.74) is 0. The van der Waals surface area contributed by atoms with Gasteiger partial charge in [-0.2, -0.15) is 0 Å². The Morgan fingerprint density at radius 1 is 0.562 bits per heavy atom. The Bertz CT molecular complexity index is 347. The van der Waals surface area contributed by atoms with Crippen LogP contribution >= 0.6 is 0 Å². The largest absolute Gasteiger partial charge is 3.00 e. The molecule has 0 spiro atoms. The monoisotopic (exact) mass is 403 g/mol. The molecule has 12 nitrogen and oxygen atoms in total. The number of rotatable bonds is 0. The fraction of sp³-hybridized carbons (Fsp3) is 0. The Hall–Kier alpha value is 0.480. The van der Waals surface area contributed by atoms with Crippen molar-refractivity contribution in [2.45, 2.75) is 0 Å². The van der Waals surface area contributed by atoms with E-state index in [4.69, 9.17) is 38.9 Å². The zero-order valence-electron chi connectivity index (χ0n) is 7.21. The van der Waals surface area contributed by atoms with Gasteiger partial charge in [0, 0.05) is 0 Å². The van der Waals surface area contributed by atoms with Gasteiger partial charge in [0.25, 0.3) is 0 Å². The van der Waals surface area contributed by atoms with Crippen LogP contribution in [0.1, 0.15) is 0 Å². The predicted molar refractivity (Wildman–Crippen MR) is 47.4 cm³/mol. The normalized spacial score (nSPS) is 10.9. The summed E-state index contributed by atoms with van der Waals surface area (Å²) in [4.78, 5) is 0. The van der Waals surface area contributed by atoms with Crippen molar-refractivity contribution in [3.8, 4) is 0 Å². The average Bonchev–Trinajstić information content (AvgIpc) is 1.41. The molecule has 0 saturated heterocycles. The zero-order valence-corrected chi connectivity index (χ0v) is 13.0. The maximum Gasteiger partial charge on any atom is 3.00 e. The number of hydrogen-bond acceptors (Lipinski definition) is 9. The molecule has 6 N–H and O–H groups in total. The van der Waals surface area contributed by atoms with Crippen LogP contribution < -0.4 is 15.4 Å². The SMILES string of the molecule is NS(=O)(=O)[O-].NS(=O)(=O)[O-].NS(=O)(=O)[O-].[In+3]. The zero-order chi connectivity index (χ0) is 13.5. The van der Waals surface area contributed by atoms with E-state index in [2.05, 4.69) is 15.4 Å². The van der Waals surface area contributed by atoms with Gasteiger partial charge >= 0.3 is 25.8 Å². The van der Waals surface area contributed by atoms with Gasteiger partial charge in [0.05, 0.1) is 0 Å². The molecule has 0 radical (unpaired) electrons. The van der Waals surface area contributed by atoms with Crippen LogP contribution in [0.25, 0.3) is 0 Å². The molecule has 0 atom stereocenters. The fourth-order valence-corrected chi connectivity index (χ4v) is 0. The van der Waals surface area contributed by atoms with Crippen LogP contribution in [0.5, 0.6) is 0 Å². The fourth-order valence-electron chi connectivity index (χ4n) is 0. The van der Waals surface area contributed by atoms with Crippen LogP contribution in [0.4, 0.5) is 0 Å². The van der Waals surface area contributed by atoms with E-state index in [-0.39, 0.29) is 25.8 Å². The third kappa shape index (κ3) is 11400. The smallest absolute Gasteiger partial charge is 0.736 e. The Kier molecular flexibility index (Phi) is 15.1. The first-order chi connectivity index (χ1) is 6.00. The van der Waals surface area contributed by atoms with Gasteiger partial charge in [-0.05, 0) is 0 Å². The molecule has 0 bridgehead atoms. The molecule has 0 heterocycles. The van der Waals surface area contributed by atoms with Crippen molar-refractivity contribution < 1.29 is 38.9 Å². The molecule has 0 aliphatic rings. The van der Waals surface area contributed by atoms with E-state index >= 15 is 0 Å². The molecule has 16 heteroatoms. The van der Waals surface area contributed by atoms with Gasteiger partial charge in [0.1, 0.15) is 0 Å². The molecule has 0 unspecified atom stereocenters. The maximum absolute atomic E-state index is 8.85. The van der Waals surface area contributed by atoms with Crippen molar-refractivity contribution in [3.63, 3.8) is 0 Å². The van der Waals surface area contributed by atoms with Gasteiger partial charge < -0.3 is 13.7 Å². The van der Waals surface area contributed by atoms with E-state index in [1.165, 1.54) is 0 Å². The summed E-state index contributed by atoms with van der Waals surface area (Å²) in [6.07, 6.45) is 0. The molecular weight excluding hydrogens is 397 g/mol. The first kappa shape index (κ1) is 25.4.